The van der Waals surface area contributed by atoms with Crippen molar-refractivity contribution in [3.63, 3.8) is 0 Å². The fraction of sp³-hybridized carbons (Fsp3) is 0.261. The maximum absolute atomic E-state index is 12.4. The van der Waals surface area contributed by atoms with Gasteiger partial charge in [0, 0.05) is 39.9 Å². The minimum Gasteiger partial charge on any atom is -0.382 e. The first-order valence-corrected chi connectivity index (χ1v) is 10.1. The molecular weight excluding hydrogens is 384 g/mol. The van der Waals surface area contributed by atoms with Gasteiger partial charge in [-0.3, -0.25) is 9.78 Å². The molecule has 3 aromatic rings. The van der Waals surface area contributed by atoms with E-state index in [9.17, 15) is 4.79 Å². The molecule has 1 aliphatic rings. The molecule has 0 spiro atoms. The fourth-order valence-corrected chi connectivity index (χ4v) is 3.98. The van der Waals surface area contributed by atoms with E-state index in [2.05, 4.69) is 21.7 Å². The largest absolute Gasteiger partial charge is 0.382 e. The summed E-state index contributed by atoms with van der Waals surface area (Å²) in [5.74, 6) is -0.0806. The van der Waals surface area contributed by atoms with Crippen molar-refractivity contribution in [1.82, 2.24) is 10.3 Å². The second-order valence-electron chi connectivity index (χ2n) is 7.38. The Kier molecular flexibility index (Phi) is 5.64. The van der Waals surface area contributed by atoms with Gasteiger partial charge in [-0.25, -0.2) is 0 Å². The van der Waals surface area contributed by atoms with Crippen LogP contribution in [0.3, 0.4) is 0 Å². The minimum absolute atomic E-state index is 0.0806. The maximum Gasteiger partial charge on any atom is 0.251 e. The highest BCUT2D eigenvalue weighted by molar-refractivity contribution is 6.31. The summed E-state index contributed by atoms with van der Waals surface area (Å²) < 4.78 is 0. The summed E-state index contributed by atoms with van der Waals surface area (Å²) in [6.07, 6.45) is 5.61. The highest BCUT2D eigenvalue weighted by Gasteiger charge is 2.23. The minimum atomic E-state index is -0.0806. The van der Waals surface area contributed by atoms with Crippen LogP contribution in [0.25, 0.3) is 10.9 Å². The third-order valence-corrected chi connectivity index (χ3v) is 5.64. The number of nitrogens with one attached hydrogen (secondary N) is 2. The number of carbonyl (C=O) groups excluding carboxylic acids is 1. The molecule has 2 N–H and O–H groups in total. The van der Waals surface area contributed by atoms with Gasteiger partial charge >= 0.3 is 0 Å². The predicted molar refractivity (Wildman–Crippen MR) is 115 cm³/mol. The highest BCUT2D eigenvalue weighted by atomic mass is 35.5. The van der Waals surface area contributed by atoms with Crippen molar-refractivity contribution in [1.29, 1.82) is 5.26 Å². The zero-order valence-electron chi connectivity index (χ0n) is 15.9. The fourth-order valence-electron chi connectivity index (χ4n) is 3.81. The van der Waals surface area contributed by atoms with Crippen molar-refractivity contribution in [2.45, 2.75) is 37.8 Å². The number of rotatable bonds is 4. The van der Waals surface area contributed by atoms with Crippen LogP contribution >= 0.6 is 11.6 Å². The van der Waals surface area contributed by atoms with Crippen LogP contribution in [0, 0.1) is 11.3 Å². The van der Waals surface area contributed by atoms with Crippen LogP contribution in [0.1, 0.15) is 41.6 Å². The van der Waals surface area contributed by atoms with E-state index in [1.807, 2.05) is 24.3 Å². The summed E-state index contributed by atoms with van der Waals surface area (Å²) in [6.45, 7) is 0. The first-order chi connectivity index (χ1) is 14.1. The number of nitriles is 1. The molecule has 6 heteroatoms. The zero-order valence-corrected chi connectivity index (χ0v) is 16.6. The molecule has 0 saturated heterocycles. The van der Waals surface area contributed by atoms with Gasteiger partial charge in [0.25, 0.3) is 5.91 Å². The quantitative estimate of drug-likeness (QED) is 0.647. The van der Waals surface area contributed by atoms with Gasteiger partial charge in [-0.1, -0.05) is 11.6 Å². The second-order valence-corrected chi connectivity index (χ2v) is 7.81. The van der Waals surface area contributed by atoms with Crippen molar-refractivity contribution < 1.29 is 4.79 Å². The van der Waals surface area contributed by atoms with Gasteiger partial charge in [0.1, 0.15) is 0 Å². The molecule has 1 amide bonds. The van der Waals surface area contributed by atoms with Crippen LogP contribution in [0.5, 0.6) is 0 Å². The Morgan fingerprint density at radius 3 is 2.48 bits per heavy atom. The molecule has 0 unspecified atom stereocenters. The van der Waals surface area contributed by atoms with Crippen molar-refractivity contribution in [3.8, 4) is 6.07 Å². The van der Waals surface area contributed by atoms with E-state index in [4.69, 9.17) is 16.9 Å². The first-order valence-electron chi connectivity index (χ1n) is 9.74. The number of pyridine rings is 1. The molecule has 0 radical (unpaired) electrons. The van der Waals surface area contributed by atoms with E-state index in [1.165, 1.54) is 0 Å². The number of fused-ring (bicyclic) bond motifs is 1. The van der Waals surface area contributed by atoms with Gasteiger partial charge in [0.2, 0.25) is 0 Å². The van der Waals surface area contributed by atoms with E-state index in [0.29, 0.717) is 22.2 Å². The number of benzene rings is 2. The number of hydrogen-bond donors (Lipinski definition) is 2. The topological polar surface area (TPSA) is 77.8 Å². The third-order valence-electron chi connectivity index (χ3n) is 5.40. The van der Waals surface area contributed by atoms with E-state index in [-0.39, 0.29) is 11.9 Å². The average Bonchev–Trinajstić information content (AvgIpc) is 2.75. The second kappa shape index (κ2) is 8.50. The monoisotopic (exact) mass is 404 g/mol. The Hall–Kier alpha value is -3.10. The predicted octanol–water partition coefficient (Wildman–Crippen LogP) is 4.91. The van der Waals surface area contributed by atoms with Crippen LogP contribution in [0.15, 0.2) is 54.7 Å². The Bertz CT molecular complexity index is 1070. The number of aromatic nitrogens is 1. The van der Waals surface area contributed by atoms with Crippen LogP contribution in [-0.4, -0.2) is 23.0 Å². The van der Waals surface area contributed by atoms with Crippen molar-refractivity contribution in [2.75, 3.05) is 5.32 Å². The average molecular weight is 405 g/mol. The lowest BCUT2D eigenvalue weighted by Crippen LogP contribution is -2.40. The van der Waals surface area contributed by atoms with Gasteiger partial charge in [0.05, 0.1) is 17.1 Å². The summed E-state index contributed by atoms with van der Waals surface area (Å²) in [5.41, 5.74) is 3.09. The molecule has 1 heterocycles. The van der Waals surface area contributed by atoms with Crippen molar-refractivity contribution in [3.05, 3.63) is 70.9 Å². The summed E-state index contributed by atoms with van der Waals surface area (Å²) in [7, 11) is 0. The molecule has 1 fully saturated rings. The summed E-state index contributed by atoms with van der Waals surface area (Å²) in [5, 5.41) is 17.4. The number of amides is 1. The number of halogens is 1. The normalized spacial score (nSPS) is 18.8. The van der Waals surface area contributed by atoms with E-state index < -0.39 is 0 Å². The van der Waals surface area contributed by atoms with Crippen molar-refractivity contribution in [2.24, 2.45) is 0 Å². The summed E-state index contributed by atoms with van der Waals surface area (Å²) in [4.78, 5) is 16.8. The van der Waals surface area contributed by atoms with Gasteiger partial charge in [0.15, 0.2) is 0 Å². The molecule has 0 bridgehead atoms. The number of hydrogen-bond acceptors (Lipinski definition) is 4. The van der Waals surface area contributed by atoms with Crippen LogP contribution in [-0.2, 0) is 0 Å². The number of nitrogens with zero attached hydrogens (tertiary/aromatic N) is 2. The van der Waals surface area contributed by atoms with Gasteiger partial charge in [-0.2, -0.15) is 5.26 Å². The lowest BCUT2D eigenvalue weighted by Gasteiger charge is -2.30. The lowest BCUT2D eigenvalue weighted by atomic mass is 9.90. The molecule has 146 valence electrons. The molecule has 1 saturated carbocycles. The van der Waals surface area contributed by atoms with Crippen molar-refractivity contribution >= 4 is 34.1 Å². The van der Waals surface area contributed by atoms with Crippen LogP contribution < -0.4 is 10.6 Å². The lowest BCUT2D eigenvalue weighted by molar-refractivity contribution is 0.0926. The number of anilines is 1. The molecule has 5 nitrogen and oxygen atoms in total. The maximum atomic E-state index is 12.4. The molecule has 2 aromatic carbocycles. The highest BCUT2D eigenvalue weighted by Crippen LogP contribution is 2.28. The summed E-state index contributed by atoms with van der Waals surface area (Å²) in [6, 6.07) is 17.1. The molecule has 0 atom stereocenters. The molecule has 4 rings (SSSR count). The van der Waals surface area contributed by atoms with Gasteiger partial charge in [-0.15, -0.1) is 0 Å². The number of carbonyl (C=O) groups is 1. The molecule has 29 heavy (non-hydrogen) atoms. The van der Waals surface area contributed by atoms with Gasteiger partial charge < -0.3 is 10.6 Å². The Morgan fingerprint density at radius 1 is 1.03 bits per heavy atom. The Morgan fingerprint density at radius 2 is 1.76 bits per heavy atom. The zero-order chi connectivity index (χ0) is 20.2. The SMILES string of the molecule is N#Cc1ccc(C(=O)N[C@H]2CC[C@@H](Nc3ccnc4cc(Cl)ccc34)CC2)cc1. The smallest absolute Gasteiger partial charge is 0.251 e. The standard InChI is InChI=1S/C23H21ClN4O/c24-17-5-10-20-21(11-12-26-22(20)13-17)27-18-6-8-19(9-7-18)28-23(29)16-3-1-15(14-25)2-4-16/h1-5,10-13,18-19H,6-9H2,(H,26,27)(H,28,29)/t18-,19+. The van der Waals surface area contributed by atoms with E-state index >= 15 is 0 Å². The van der Waals surface area contributed by atoms with E-state index in [1.54, 1.807) is 30.5 Å². The molecular formula is C23H21ClN4O. The van der Waals surface area contributed by atoms with E-state index in [0.717, 1.165) is 42.3 Å². The molecule has 0 aliphatic heterocycles. The van der Waals surface area contributed by atoms with Gasteiger partial charge in [-0.05, 0) is 74.2 Å². The summed E-state index contributed by atoms with van der Waals surface area (Å²) >= 11 is 6.07. The third kappa shape index (κ3) is 4.49. The van der Waals surface area contributed by atoms with Crippen LogP contribution in [0.4, 0.5) is 5.69 Å². The van der Waals surface area contributed by atoms with Crippen LogP contribution in [0.2, 0.25) is 5.02 Å². The Balaban J connectivity index is 1.34. The molecule has 1 aliphatic carbocycles. The Labute approximate surface area is 174 Å². The first kappa shape index (κ1) is 19.2. The molecule has 1 aromatic heterocycles.